The van der Waals surface area contributed by atoms with Gasteiger partial charge in [0.25, 0.3) is 0 Å². The molecule has 0 aromatic heterocycles. The molecule has 3 heteroatoms. The van der Waals surface area contributed by atoms with E-state index in [2.05, 4.69) is 11.9 Å². The molecule has 1 aliphatic carbocycles. The number of aliphatic carboxylic acids is 1. The van der Waals surface area contributed by atoms with Gasteiger partial charge in [0, 0.05) is 7.05 Å². The summed E-state index contributed by atoms with van der Waals surface area (Å²) in [5.41, 5.74) is 1.12. The van der Waals surface area contributed by atoms with E-state index in [1.807, 2.05) is 0 Å². The summed E-state index contributed by atoms with van der Waals surface area (Å²) in [5.74, 6) is -0.486. The van der Waals surface area contributed by atoms with Crippen LogP contribution in [0.15, 0.2) is 23.9 Å². The molecule has 1 rings (SSSR count). The number of carboxylic acids is 1. The minimum Gasteiger partial charge on any atom is -0.477 e. The van der Waals surface area contributed by atoms with Crippen LogP contribution in [0.3, 0.4) is 0 Å². The van der Waals surface area contributed by atoms with E-state index in [0.29, 0.717) is 5.92 Å². The van der Waals surface area contributed by atoms with Gasteiger partial charge in [-0.15, -0.1) is 0 Å². The molecule has 66 valence electrons. The van der Waals surface area contributed by atoms with E-state index in [0.717, 1.165) is 18.4 Å². The number of nitrogens with one attached hydrogen (secondary N) is 1. The molecule has 1 aliphatic rings. The van der Waals surface area contributed by atoms with Gasteiger partial charge in [-0.3, -0.25) is 0 Å². The summed E-state index contributed by atoms with van der Waals surface area (Å²) < 4.78 is 0. The van der Waals surface area contributed by atoms with Crippen LogP contribution in [-0.2, 0) is 4.79 Å². The van der Waals surface area contributed by atoms with Crippen LogP contribution >= 0.6 is 0 Å². The molecule has 0 aliphatic heterocycles. The maximum atomic E-state index is 10.7. The monoisotopic (exact) mass is 167 g/mol. The summed E-state index contributed by atoms with van der Waals surface area (Å²) >= 11 is 0. The molecule has 0 bridgehead atoms. The molecular formula is C9H13NO2. The van der Waals surface area contributed by atoms with E-state index in [9.17, 15) is 4.79 Å². The molecular weight excluding hydrogens is 154 g/mol. The van der Waals surface area contributed by atoms with Crippen LogP contribution in [0, 0.1) is 5.92 Å². The maximum absolute atomic E-state index is 10.7. The SMILES string of the molecule is C=C/C(=C(\NC)C(=O)O)C1CC1. The van der Waals surface area contributed by atoms with Crippen molar-refractivity contribution in [1.29, 1.82) is 0 Å². The van der Waals surface area contributed by atoms with E-state index in [-0.39, 0.29) is 5.70 Å². The number of carbonyl (C=O) groups is 1. The van der Waals surface area contributed by atoms with Gasteiger partial charge in [-0.25, -0.2) is 4.79 Å². The average molecular weight is 167 g/mol. The van der Waals surface area contributed by atoms with Crippen molar-refractivity contribution in [2.75, 3.05) is 7.05 Å². The van der Waals surface area contributed by atoms with Gasteiger partial charge in [-0.1, -0.05) is 12.7 Å². The van der Waals surface area contributed by atoms with Crippen molar-refractivity contribution >= 4 is 5.97 Å². The van der Waals surface area contributed by atoms with E-state index < -0.39 is 5.97 Å². The lowest BCUT2D eigenvalue weighted by Gasteiger charge is -2.06. The average Bonchev–Trinajstić information content (AvgIpc) is 2.81. The second kappa shape index (κ2) is 3.43. The summed E-state index contributed by atoms with van der Waals surface area (Å²) in [6.07, 6.45) is 3.80. The van der Waals surface area contributed by atoms with Crippen LogP contribution in [0.1, 0.15) is 12.8 Å². The van der Waals surface area contributed by atoms with Gasteiger partial charge in [-0.05, 0) is 24.3 Å². The topological polar surface area (TPSA) is 49.3 Å². The molecule has 12 heavy (non-hydrogen) atoms. The van der Waals surface area contributed by atoms with Crippen LogP contribution in [0.25, 0.3) is 0 Å². The van der Waals surface area contributed by atoms with Gasteiger partial charge < -0.3 is 10.4 Å². The molecule has 0 heterocycles. The number of hydrogen-bond donors (Lipinski definition) is 2. The molecule has 0 atom stereocenters. The predicted molar refractivity (Wildman–Crippen MR) is 46.6 cm³/mol. The number of hydrogen-bond acceptors (Lipinski definition) is 2. The minimum absolute atomic E-state index is 0.285. The van der Waals surface area contributed by atoms with E-state index in [1.54, 1.807) is 13.1 Å². The molecule has 1 saturated carbocycles. The van der Waals surface area contributed by atoms with Gasteiger partial charge >= 0.3 is 5.97 Å². The lowest BCUT2D eigenvalue weighted by Crippen LogP contribution is -2.18. The third-order valence-corrected chi connectivity index (χ3v) is 1.99. The van der Waals surface area contributed by atoms with Crippen molar-refractivity contribution in [3.63, 3.8) is 0 Å². The Bertz CT molecular complexity index is 239. The Morgan fingerprint density at radius 3 is 2.50 bits per heavy atom. The number of likely N-dealkylation sites (N-methyl/N-ethyl adjacent to an activating group) is 1. The Morgan fingerprint density at radius 1 is 1.67 bits per heavy atom. The highest BCUT2D eigenvalue weighted by Gasteiger charge is 2.28. The fourth-order valence-corrected chi connectivity index (χ4v) is 1.24. The molecule has 0 aromatic carbocycles. The second-order valence-electron chi connectivity index (χ2n) is 2.86. The molecule has 0 spiro atoms. The highest BCUT2D eigenvalue weighted by atomic mass is 16.4. The van der Waals surface area contributed by atoms with Crippen LogP contribution in [0.2, 0.25) is 0 Å². The van der Waals surface area contributed by atoms with Gasteiger partial charge in [0.2, 0.25) is 0 Å². The first-order chi connectivity index (χ1) is 5.70. The molecule has 0 aromatic rings. The molecule has 0 radical (unpaired) electrons. The Morgan fingerprint density at radius 2 is 2.25 bits per heavy atom. The molecule has 0 unspecified atom stereocenters. The summed E-state index contributed by atoms with van der Waals surface area (Å²) in [5, 5.41) is 11.5. The van der Waals surface area contributed by atoms with Crippen molar-refractivity contribution in [2.45, 2.75) is 12.8 Å². The van der Waals surface area contributed by atoms with Gasteiger partial charge in [0.15, 0.2) is 0 Å². The standard InChI is InChI=1S/C9H13NO2/c1-3-7(6-4-5-6)8(10-2)9(11)12/h3,6,10H,1,4-5H2,2H3,(H,11,12)/b8-7+. The summed E-state index contributed by atoms with van der Waals surface area (Å²) in [6, 6.07) is 0. The molecule has 1 fully saturated rings. The van der Waals surface area contributed by atoms with Crippen LogP contribution < -0.4 is 5.32 Å². The summed E-state index contributed by atoms with van der Waals surface area (Å²) in [6.45, 7) is 3.61. The number of rotatable bonds is 4. The largest absolute Gasteiger partial charge is 0.477 e. The summed E-state index contributed by atoms with van der Waals surface area (Å²) in [7, 11) is 1.62. The molecule has 3 nitrogen and oxygen atoms in total. The summed E-state index contributed by atoms with van der Waals surface area (Å²) in [4.78, 5) is 10.7. The van der Waals surface area contributed by atoms with E-state index >= 15 is 0 Å². The zero-order chi connectivity index (χ0) is 9.14. The predicted octanol–water partition coefficient (Wildman–Crippen LogP) is 1.14. The quantitative estimate of drug-likeness (QED) is 0.487. The van der Waals surface area contributed by atoms with E-state index in [4.69, 9.17) is 5.11 Å². The second-order valence-corrected chi connectivity index (χ2v) is 2.86. The first-order valence-electron chi connectivity index (χ1n) is 3.98. The fourth-order valence-electron chi connectivity index (χ4n) is 1.24. The van der Waals surface area contributed by atoms with Crippen molar-refractivity contribution in [3.05, 3.63) is 23.9 Å². The minimum atomic E-state index is -0.903. The van der Waals surface area contributed by atoms with Gasteiger partial charge in [0.1, 0.15) is 5.70 Å². The fraction of sp³-hybridized carbons (Fsp3) is 0.444. The van der Waals surface area contributed by atoms with Crippen LogP contribution in [0.4, 0.5) is 0 Å². The lowest BCUT2D eigenvalue weighted by atomic mass is 10.1. The van der Waals surface area contributed by atoms with Crippen LogP contribution in [0.5, 0.6) is 0 Å². The van der Waals surface area contributed by atoms with E-state index in [1.165, 1.54) is 0 Å². The lowest BCUT2D eigenvalue weighted by molar-refractivity contribution is -0.133. The normalized spacial score (nSPS) is 18.1. The highest BCUT2D eigenvalue weighted by Crippen LogP contribution is 2.38. The zero-order valence-corrected chi connectivity index (χ0v) is 7.13. The third kappa shape index (κ3) is 1.67. The number of allylic oxidation sites excluding steroid dienone is 2. The maximum Gasteiger partial charge on any atom is 0.352 e. The van der Waals surface area contributed by atoms with Crippen LogP contribution in [-0.4, -0.2) is 18.1 Å². The van der Waals surface area contributed by atoms with Crippen molar-refractivity contribution in [3.8, 4) is 0 Å². The molecule has 2 N–H and O–H groups in total. The molecule has 0 amide bonds. The highest BCUT2D eigenvalue weighted by molar-refractivity contribution is 5.87. The van der Waals surface area contributed by atoms with Crippen molar-refractivity contribution < 1.29 is 9.90 Å². The molecule has 0 saturated heterocycles. The zero-order valence-electron chi connectivity index (χ0n) is 7.13. The van der Waals surface area contributed by atoms with Gasteiger partial charge in [0.05, 0.1) is 0 Å². The smallest absolute Gasteiger partial charge is 0.352 e. The number of carboxylic acid groups (broad SMARTS) is 1. The first kappa shape index (κ1) is 8.84. The van der Waals surface area contributed by atoms with Gasteiger partial charge in [-0.2, -0.15) is 0 Å². The third-order valence-electron chi connectivity index (χ3n) is 1.99. The first-order valence-corrected chi connectivity index (χ1v) is 3.98. The Labute approximate surface area is 71.8 Å². The Balaban J connectivity index is 2.92. The van der Waals surface area contributed by atoms with Crippen molar-refractivity contribution in [2.24, 2.45) is 5.92 Å². The Hall–Kier alpha value is -1.25. The van der Waals surface area contributed by atoms with Crippen molar-refractivity contribution in [1.82, 2.24) is 5.32 Å². The Kier molecular flexibility index (Phi) is 2.53.